The van der Waals surface area contributed by atoms with Gasteiger partial charge in [0.25, 0.3) is 0 Å². The predicted octanol–water partition coefficient (Wildman–Crippen LogP) is 4.69. The van der Waals surface area contributed by atoms with E-state index in [0.29, 0.717) is 5.02 Å². The van der Waals surface area contributed by atoms with Gasteiger partial charge in [-0.2, -0.15) is 0 Å². The van der Waals surface area contributed by atoms with Gasteiger partial charge in [-0.05, 0) is 40.6 Å². The Morgan fingerprint density at radius 2 is 1.82 bits per heavy atom. The summed E-state index contributed by atoms with van der Waals surface area (Å²) in [5, 5.41) is 3.56. The summed E-state index contributed by atoms with van der Waals surface area (Å²) in [6.45, 7) is 0.229. The van der Waals surface area contributed by atoms with E-state index in [2.05, 4.69) is 4.72 Å². The van der Waals surface area contributed by atoms with Gasteiger partial charge < -0.3 is 0 Å². The van der Waals surface area contributed by atoms with E-state index in [0.717, 1.165) is 15.6 Å². The Hall–Kier alpha value is -1.11. The van der Waals surface area contributed by atoms with Gasteiger partial charge in [0.2, 0.25) is 10.0 Å². The van der Waals surface area contributed by atoms with Gasteiger partial charge in [-0.25, -0.2) is 13.1 Å². The molecule has 22 heavy (non-hydrogen) atoms. The molecule has 0 fully saturated rings. The molecule has 1 heterocycles. The zero-order chi connectivity index (χ0) is 15.7. The normalized spacial score (nSPS) is 11.9. The van der Waals surface area contributed by atoms with Gasteiger partial charge in [-0.3, -0.25) is 0 Å². The third kappa shape index (κ3) is 3.14. The van der Waals surface area contributed by atoms with Crippen molar-refractivity contribution in [2.45, 2.75) is 11.4 Å². The van der Waals surface area contributed by atoms with E-state index in [9.17, 15) is 8.42 Å². The van der Waals surface area contributed by atoms with Crippen LogP contribution in [0.25, 0.3) is 10.1 Å². The Morgan fingerprint density at radius 1 is 1.05 bits per heavy atom. The average molecular weight is 372 g/mol. The van der Waals surface area contributed by atoms with Crippen molar-refractivity contribution in [3.8, 4) is 0 Å². The molecule has 0 spiro atoms. The predicted molar refractivity (Wildman–Crippen MR) is 92.3 cm³/mol. The maximum absolute atomic E-state index is 12.3. The summed E-state index contributed by atoms with van der Waals surface area (Å²) in [5.74, 6) is 0. The minimum Gasteiger partial charge on any atom is -0.207 e. The summed E-state index contributed by atoms with van der Waals surface area (Å²) in [6.07, 6.45) is 0. The number of rotatable bonds is 4. The van der Waals surface area contributed by atoms with Crippen molar-refractivity contribution in [3.05, 3.63) is 63.5 Å². The number of halogens is 2. The van der Waals surface area contributed by atoms with Gasteiger partial charge in [0.05, 0.1) is 14.9 Å². The highest BCUT2D eigenvalue weighted by Gasteiger charge is 2.16. The summed E-state index contributed by atoms with van der Waals surface area (Å²) in [6, 6.07) is 12.1. The molecule has 1 N–H and O–H groups in total. The lowest BCUT2D eigenvalue weighted by atomic mass is 10.2. The van der Waals surface area contributed by atoms with Crippen molar-refractivity contribution < 1.29 is 8.42 Å². The third-order valence-corrected chi connectivity index (χ3v) is 6.37. The van der Waals surface area contributed by atoms with Crippen molar-refractivity contribution in [1.82, 2.24) is 4.72 Å². The number of fused-ring (bicyclic) bond motifs is 1. The lowest BCUT2D eigenvalue weighted by Gasteiger charge is -2.07. The number of thiophene rings is 1. The van der Waals surface area contributed by atoms with E-state index in [1.807, 2.05) is 29.6 Å². The van der Waals surface area contributed by atoms with E-state index in [1.54, 1.807) is 11.3 Å². The van der Waals surface area contributed by atoms with Gasteiger partial charge in [0.1, 0.15) is 0 Å². The molecule has 0 aliphatic carbocycles. The monoisotopic (exact) mass is 371 g/mol. The van der Waals surface area contributed by atoms with Gasteiger partial charge in [-0.15, -0.1) is 11.3 Å². The number of hydrogen-bond acceptors (Lipinski definition) is 3. The van der Waals surface area contributed by atoms with Crippen molar-refractivity contribution in [1.29, 1.82) is 0 Å². The second kappa shape index (κ2) is 6.18. The third-order valence-electron chi connectivity index (χ3n) is 3.22. The zero-order valence-corrected chi connectivity index (χ0v) is 14.4. The summed E-state index contributed by atoms with van der Waals surface area (Å²) in [7, 11) is -3.63. The van der Waals surface area contributed by atoms with Gasteiger partial charge in [0, 0.05) is 11.2 Å². The first-order valence-electron chi connectivity index (χ1n) is 6.37. The number of benzene rings is 2. The second-order valence-electron chi connectivity index (χ2n) is 4.66. The Bertz CT molecular complexity index is 936. The smallest absolute Gasteiger partial charge is 0.207 e. The molecule has 0 radical (unpaired) electrons. The van der Waals surface area contributed by atoms with Crippen molar-refractivity contribution in [2.75, 3.05) is 0 Å². The Labute approximate surface area is 142 Å². The minimum absolute atomic E-state index is 0.0986. The average Bonchev–Trinajstić information content (AvgIpc) is 2.91. The maximum atomic E-state index is 12.3. The minimum atomic E-state index is -3.63. The lowest BCUT2D eigenvalue weighted by Crippen LogP contribution is -2.23. The molecular formula is C15H11Cl2NO2S2. The molecule has 0 aliphatic rings. The van der Waals surface area contributed by atoms with Crippen LogP contribution in [0.2, 0.25) is 10.0 Å². The summed E-state index contributed by atoms with van der Waals surface area (Å²) in [5.41, 5.74) is 0.948. The molecule has 1 aromatic heterocycles. The molecule has 0 saturated heterocycles. The van der Waals surface area contributed by atoms with Crippen LogP contribution in [0.1, 0.15) is 5.56 Å². The summed E-state index contributed by atoms with van der Waals surface area (Å²) < 4.78 is 28.4. The first-order chi connectivity index (χ1) is 10.5. The van der Waals surface area contributed by atoms with Crippen LogP contribution >= 0.6 is 34.5 Å². The molecule has 0 bridgehead atoms. The van der Waals surface area contributed by atoms with Crippen LogP contribution in [0.3, 0.4) is 0 Å². The molecule has 114 valence electrons. The van der Waals surface area contributed by atoms with E-state index >= 15 is 0 Å². The summed E-state index contributed by atoms with van der Waals surface area (Å²) >= 11 is 13.3. The van der Waals surface area contributed by atoms with Gasteiger partial charge >= 0.3 is 0 Å². The van der Waals surface area contributed by atoms with E-state index in [-0.39, 0.29) is 16.5 Å². The fourth-order valence-electron chi connectivity index (χ4n) is 2.07. The standard InChI is InChI=1S/C15H11Cl2NO2S2/c16-13-6-5-11(7-14(13)17)22(19,20)18-8-10-9-21-15-4-2-1-3-12(10)15/h1-7,9,18H,8H2. The highest BCUT2D eigenvalue weighted by atomic mass is 35.5. The van der Waals surface area contributed by atoms with E-state index in [1.165, 1.54) is 18.2 Å². The van der Waals surface area contributed by atoms with Gasteiger partial charge in [0.15, 0.2) is 0 Å². The maximum Gasteiger partial charge on any atom is 0.240 e. The topological polar surface area (TPSA) is 46.2 Å². The van der Waals surface area contributed by atoms with Crippen molar-refractivity contribution in [2.24, 2.45) is 0 Å². The van der Waals surface area contributed by atoms with E-state index in [4.69, 9.17) is 23.2 Å². The highest BCUT2D eigenvalue weighted by molar-refractivity contribution is 7.89. The molecule has 2 aromatic carbocycles. The molecule has 0 unspecified atom stereocenters. The van der Waals surface area contributed by atoms with Crippen LogP contribution in [0, 0.1) is 0 Å². The SMILES string of the molecule is O=S(=O)(NCc1csc2ccccc12)c1ccc(Cl)c(Cl)c1. The number of hydrogen-bond donors (Lipinski definition) is 1. The van der Waals surface area contributed by atoms with Crippen LogP contribution in [0.5, 0.6) is 0 Å². The molecule has 7 heteroatoms. The fraction of sp³-hybridized carbons (Fsp3) is 0.0667. The van der Waals surface area contributed by atoms with Crippen LogP contribution in [0.15, 0.2) is 52.7 Å². The fourth-order valence-corrected chi connectivity index (χ4v) is 4.43. The van der Waals surface area contributed by atoms with Crippen molar-refractivity contribution in [3.63, 3.8) is 0 Å². The Kier molecular flexibility index (Phi) is 4.43. The van der Waals surface area contributed by atoms with Crippen LogP contribution in [-0.2, 0) is 16.6 Å². The second-order valence-corrected chi connectivity index (χ2v) is 8.15. The number of sulfonamides is 1. The van der Waals surface area contributed by atoms with Crippen LogP contribution in [-0.4, -0.2) is 8.42 Å². The molecule has 0 amide bonds. The molecule has 0 atom stereocenters. The largest absolute Gasteiger partial charge is 0.240 e. The van der Waals surface area contributed by atoms with Crippen molar-refractivity contribution >= 4 is 54.6 Å². The number of nitrogens with one attached hydrogen (secondary N) is 1. The lowest BCUT2D eigenvalue weighted by molar-refractivity contribution is 0.581. The quantitative estimate of drug-likeness (QED) is 0.722. The Morgan fingerprint density at radius 3 is 2.59 bits per heavy atom. The molecule has 0 saturated carbocycles. The van der Waals surface area contributed by atoms with E-state index < -0.39 is 10.0 Å². The zero-order valence-electron chi connectivity index (χ0n) is 11.2. The first kappa shape index (κ1) is 15.8. The molecule has 3 rings (SSSR count). The van der Waals surface area contributed by atoms with Gasteiger partial charge in [-0.1, -0.05) is 41.4 Å². The van der Waals surface area contributed by atoms with Crippen LogP contribution in [0.4, 0.5) is 0 Å². The Balaban J connectivity index is 1.84. The molecule has 3 aromatic rings. The summed E-state index contributed by atoms with van der Waals surface area (Å²) in [4.78, 5) is 0.0986. The highest BCUT2D eigenvalue weighted by Crippen LogP contribution is 2.27. The molecular weight excluding hydrogens is 361 g/mol. The molecule has 3 nitrogen and oxygen atoms in total. The van der Waals surface area contributed by atoms with Crippen LogP contribution < -0.4 is 4.72 Å². The first-order valence-corrected chi connectivity index (χ1v) is 9.49. The molecule has 0 aliphatic heterocycles.